The summed E-state index contributed by atoms with van der Waals surface area (Å²) >= 11 is 1.31. The maximum atomic E-state index is 12.4. The Hall–Kier alpha value is -2.89. The molecular formula is C21H20N2O4S2. The van der Waals surface area contributed by atoms with E-state index in [1.54, 1.807) is 35.9 Å². The van der Waals surface area contributed by atoms with Gasteiger partial charge in [0.15, 0.2) is 14.6 Å². The highest BCUT2D eigenvalue weighted by Crippen LogP contribution is 2.23. The Kier molecular flexibility index (Phi) is 6.52. The van der Waals surface area contributed by atoms with Gasteiger partial charge in [-0.3, -0.25) is 4.79 Å². The molecule has 0 saturated heterocycles. The van der Waals surface area contributed by atoms with Gasteiger partial charge in [0.25, 0.3) is 0 Å². The van der Waals surface area contributed by atoms with Crippen LogP contribution in [0.5, 0.6) is 5.75 Å². The standard InChI is InChI=1S/C21H20N2O4S2/c1-3-12-23-18-10-9-17(27-2)14-19(18)28-21(23)22-20(24)11-13-29(25,26)15-16-7-5-4-6-8-16/h1,4-10,14H,11-13,15H2,2H3. The minimum Gasteiger partial charge on any atom is -0.497 e. The first-order valence-electron chi connectivity index (χ1n) is 8.84. The van der Waals surface area contributed by atoms with Gasteiger partial charge in [0, 0.05) is 6.42 Å². The molecule has 0 aliphatic rings. The first-order chi connectivity index (χ1) is 13.9. The Balaban J connectivity index is 1.80. The molecule has 1 aromatic heterocycles. The molecule has 0 radical (unpaired) electrons. The Morgan fingerprint density at radius 3 is 2.69 bits per heavy atom. The molecule has 1 amide bonds. The van der Waals surface area contributed by atoms with Crippen molar-refractivity contribution in [1.82, 2.24) is 4.57 Å². The summed E-state index contributed by atoms with van der Waals surface area (Å²) in [6.07, 6.45) is 5.28. The number of rotatable bonds is 7. The number of ether oxygens (including phenoxy) is 1. The van der Waals surface area contributed by atoms with E-state index in [-0.39, 0.29) is 24.5 Å². The monoisotopic (exact) mass is 428 g/mol. The van der Waals surface area contributed by atoms with Gasteiger partial charge in [-0.25, -0.2) is 8.42 Å². The summed E-state index contributed by atoms with van der Waals surface area (Å²) in [6, 6.07) is 14.4. The van der Waals surface area contributed by atoms with Crippen LogP contribution in [0.2, 0.25) is 0 Å². The van der Waals surface area contributed by atoms with Crippen LogP contribution in [0, 0.1) is 12.3 Å². The van der Waals surface area contributed by atoms with Crippen LogP contribution < -0.4 is 9.54 Å². The number of aromatic nitrogens is 1. The van der Waals surface area contributed by atoms with E-state index >= 15 is 0 Å². The predicted molar refractivity (Wildman–Crippen MR) is 114 cm³/mol. The maximum absolute atomic E-state index is 12.4. The number of hydrogen-bond donors (Lipinski definition) is 0. The van der Waals surface area contributed by atoms with Crippen molar-refractivity contribution in [1.29, 1.82) is 0 Å². The van der Waals surface area contributed by atoms with Gasteiger partial charge < -0.3 is 9.30 Å². The summed E-state index contributed by atoms with van der Waals surface area (Å²) < 4.78 is 32.5. The molecule has 0 fully saturated rings. The molecule has 29 heavy (non-hydrogen) atoms. The van der Waals surface area contributed by atoms with Crippen molar-refractivity contribution in [3.8, 4) is 18.1 Å². The third kappa shape index (κ3) is 5.34. The number of carbonyl (C=O) groups is 1. The number of carbonyl (C=O) groups excluding carboxylic acids is 1. The molecular weight excluding hydrogens is 408 g/mol. The molecule has 0 saturated carbocycles. The number of methoxy groups -OCH3 is 1. The lowest BCUT2D eigenvalue weighted by atomic mass is 10.2. The second-order valence-corrected chi connectivity index (χ2v) is 9.53. The number of thiazole rings is 1. The number of nitrogens with zero attached hydrogens (tertiary/aromatic N) is 2. The van der Waals surface area contributed by atoms with Crippen LogP contribution in [0.1, 0.15) is 12.0 Å². The molecule has 1 heterocycles. The number of fused-ring (bicyclic) bond motifs is 1. The molecule has 0 N–H and O–H groups in total. The van der Waals surface area contributed by atoms with Crippen molar-refractivity contribution in [3.63, 3.8) is 0 Å². The minimum atomic E-state index is -3.41. The third-order valence-corrected chi connectivity index (χ3v) is 6.86. The van der Waals surface area contributed by atoms with E-state index in [0.717, 1.165) is 10.2 Å². The summed E-state index contributed by atoms with van der Waals surface area (Å²) in [5, 5.41) is 0. The van der Waals surface area contributed by atoms with E-state index in [9.17, 15) is 13.2 Å². The smallest absolute Gasteiger partial charge is 0.249 e. The van der Waals surface area contributed by atoms with Crippen molar-refractivity contribution >= 4 is 37.3 Å². The lowest BCUT2D eigenvalue weighted by Crippen LogP contribution is -2.18. The second kappa shape index (κ2) is 9.07. The zero-order valence-corrected chi connectivity index (χ0v) is 17.5. The predicted octanol–water partition coefficient (Wildman–Crippen LogP) is 2.78. The van der Waals surface area contributed by atoms with Crippen LogP contribution in [0.4, 0.5) is 0 Å². The summed E-state index contributed by atoms with van der Waals surface area (Å²) in [7, 11) is -1.83. The van der Waals surface area contributed by atoms with E-state index in [1.807, 2.05) is 24.3 Å². The lowest BCUT2D eigenvalue weighted by Gasteiger charge is -2.03. The second-order valence-electron chi connectivity index (χ2n) is 6.34. The highest BCUT2D eigenvalue weighted by molar-refractivity contribution is 7.90. The number of benzene rings is 2. The first-order valence-corrected chi connectivity index (χ1v) is 11.5. The number of terminal acetylenes is 1. The van der Waals surface area contributed by atoms with Crippen LogP contribution in [0.3, 0.4) is 0 Å². The summed E-state index contributed by atoms with van der Waals surface area (Å²) in [5.41, 5.74) is 1.54. The molecule has 3 rings (SSSR count). The zero-order valence-electron chi connectivity index (χ0n) is 15.9. The van der Waals surface area contributed by atoms with Gasteiger partial charge in [-0.15, -0.1) is 6.42 Å². The molecule has 0 spiro atoms. The molecule has 0 aliphatic carbocycles. The Labute approximate surface area is 173 Å². The van der Waals surface area contributed by atoms with E-state index in [0.29, 0.717) is 16.1 Å². The van der Waals surface area contributed by atoms with E-state index in [2.05, 4.69) is 10.9 Å². The maximum Gasteiger partial charge on any atom is 0.249 e. The number of amides is 1. The van der Waals surface area contributed by atoms with Crippen molar-refractivity contribution in [3.05, 3.63) is 58.9 Å². The minimum absolute atomic E-state index is 0.0963. The van der Waals surface area contributed by atoms with Gasteiger partial charge in [0.05, 0.1) is 35.4 Å². The van der Waals surface area contributed by atoms with Crippen LogP contribution in [0.25, 0.3) is 10.2 Å². The summed E-state index contributed by atoms with van der Waals surface area (Å²) in [5.74, 6) is 2.41. The quantitative estimate of drug-likeness (QED) is 0.542. The fourth-order valence-corrected chi connectivity index (χ4v) is 5.22. The Bertz CT molecular complexity index is 1230. The van der Waals surface area contributed by atoms with Gasteiger partial charge in [-0.05, 0) is 23.8 Å². The van der Waals surface area contributed by atoms with Gasteiger partial charge in [-0.1, -0.05) is 47.6 Å². The van der Waals surface area contributed by atoms with E-state index in [4.69, 9.17) is 11.2 Å². The number of sulfone groups is 1. The van der Waals surface area contributed by atoms with E-state index < -0.39 is 15.7 Å². The van der Waals surface area contributed by atoms with Crippen molar-refractivity contribution < 1.29 is 17.9 Å². The molecule has 8 heteroatoms. The molecule has 0 bridgehead atoms. The largest absolute Gasteiger partial charge is 0.497 e. The summed E-state index contributed by atoms with van der Waals surface area (Å²) in [4.78, 5) is 16.9. The van der Waals surface area contributed by atoms with Crippen LogP contribution in [-0.4, -0.2) is 31.8 Å². The average Bonchev–Trinajstić information content (AvgIpc) is 3.03. The van der Waals surface area contributed by atoms with Gasteiger partial charge in [0.2, 0.25) is 5.91 Å². The fourth-order valence-electron chi connectivity index (χ4n) is 2.82. The molecule has 150 valence electrons. The van der Waals surface area contributed by atoms with Gasteiger partial charge in [0.1, 0.15) is 5.75 Å². The van der Waals surface area contributed by atoms with Crippen LogP contribution in [-0.2, 0) is 26.9 Å². The van der Waals surface area contributed by atoms with Crippen molar-refractivity contribution in [2.24, 2.45) is 4.99 Å². The third-order valence-electron chi connectivity index (χ3n) is 4.22. The topological polar surface area (TPSA) is 77.7 Å². The summed E-state index contributed by atoms with van der Waals surface area (Å²) in [6.45, 7) is 0.255. The highest BCUT2D eigenvalue weighted by Gasteiger charge is 2.15. The SMILES string of the molecule is C#CCn1c(=NC(=O)CCS(=O)(=O)Cc2ccccc2)sc2cc(OC)ccc21. The average molecular weight is 429 g/mol. The molecule has 0 aliphatic heterocycles. The van der Waals surface area contributed by atoms with Gasteiger partial charge in [-0.2, -0.15) is 4.99 Å². The molecule has 2 aromatic carbocycles. The van der Waals surface area contributed by atoms with Crippen LogP contribution >= 0.6 is 11.3 Å². The highest BCUT2D eigenvalue weighted by atomic mass is 32.2. The Morgan fingerprint density at radius 1 is 1.24 bits per heavy atom. The van der Waals surface area contributed by atoms with Crippen molar-refractivity contribution in [2.45, 2.75) is 18.7 Å². The molecule has 0 atom stereocenters. The normalized spacial score (nSPS) is 12.1. The molecule has 3 aromatic rings. The number of hydrogen-bond acceptors (Lipinski definition) is 5. The van der Waals surface area contributed by atoms with Gasteiger partial charge >= 0.3 is 0 Å². The molecule has 6 nitrogen and oxygen atoms in total. The first kappa shape index (κ1) is 20.8. The molecule has 0 unspecified atom stereocenters. The van der Waals surface area contributed by atoms with Crippen molar-refractivity contribution in [2.75, 3.05) is 12.9 Å². The lowest BCUT2D eigenvalue weighted by molar-refractivity contribution is -0.117. The Morgan fingerprint density at radius 2 is 2.00 bits per heavy atom. The van der Waals surface area contributed by atoms with E-state index in [1.165, 1.54) is 11.3 Å². The zero-order chi connectivity index (χ0) is 20.9. The van der Waals surface area contributed by atoms with Crippen LogP contribution in [0.15, 0.2) is 53.5 Å². The fraction of sp³-hybridized carbons (Fsp3) is 0.238.